The maximum atomic E-state index is 11.8. The quantitative estimate of drug-likeness (QED) is 0.812. The predicted molar refractivity (Wildman–Crippen MR) is 64.6 cm³/mol. The third-order valence-corrected chi connectivity index (χ3v) is 3.15. The number of carbonyl (C=O) groups excluding carboxylic acids is 1. The van der Waals surface area contributed by atoms with Crippen LogP contribution in [0.15, 0.2) is 16.7 Å². The second kappa shape index (κ2) is 5.25. The molecular weight excluding hydrogens is 234 g/mol. The van der Waals surface area contributed by atoms with Crippen molar-refractivity contribution in [2.45, 2.75) is 38.6 Å². The Hall–Kier alpha value is -1.78. The Morgan fingerprint density at radius 2 is 2.28 bits per heavy atom. The van der Waals surface area contributed by atoms with E-state index in [1.54, 1.807) is 0 Å². The molecule has 1 aromatic heterocycles. The Labute approximate surface area is 105 Å². The van der Waals surface area contributed by atoms with Crippen molar-refractivity contribution in [1.82, 2.24) is 5.32 Å². The number of carboxylic acids is 1. The van der Waals surface area contributed by atoms with Crippen molar-refractivity contribution in [3.05, 3.63) is 23.7 Å². The van der Waals surface area contributed by atoms with E-state index in [2.05, 4.69) is 5.32 Å². The summed E-state index contributed by atoms with van der Waals surface area (Å²) < 4.78 is 4.93. The normalized spacial score (nSPS) is 16.3. The lowest BCUT2D eigenvalue weighted by molar-refractivity contribution is 0.0695. The first-order chi connectivity index (χ1) is 8.56. The summed E-state index contributed by atoms with van der Waals surface area (Å²) in [4.78, 5) is 22.4. The SMILES string of the molecule is CC(CCC1CC1)NC(=O)c1cc(C(=O)O)co1. The number of nitrogens with one attached hydrogen (secondary N) is 1. The van der Waals surface area contributed by atoms with Gasteiger partial charge in [-0.25, -0.2) is 4.79 Å². The molecule has 2 N–H and O–H groups in total. The van der Waals surface area contributed by atoms with Gasteiger partial charge in [0.25, 0.3) is 5.91 Å². The lowest BCUT2D eigenvalue weighted by Gasteiger charge is -2.12. The molecule has 5 heteroatoms. The predicted octanol–water partition coefficient (Wildman–Crippen LogP) is 2.29. The number of carboxylic acid groups (broad SMARTS) is 1. The second-order valence-corrected chi connectivity index (χ2v) is 4.90. The van der Waals surface area contributed by atoms with E-state index in [4.69, 9.17) is 9.52 Å². The molecular formula is C13H17NO4. The molecule has 1 unspecified atom stereocenters. The smallest absolute Gasteiger partial charge is 0.338 e. The number of aromatic carboxylic acids is 1. The number of furan rings is 1. The van der Waals surface area contributed by atoms with E-state index in [0.29, 0.717) is 0 Å². The highest BCUT2D eigenvalue weighted by atomic mass is 16.4. The van der Waals surface area contributed by atoms with E-state index in [0.717, 1.165) is 25.0 Å². The summed E-state index contributed by atoms with van der Waals surface area (Å²) in [5.74, 6) is -0.567. The molecule has 0 aromatic carbocycles. The van der Waals surface area contributed by atoms with Crippen molar-refractivity contribution < 1.29 is 19.1 Å². The van der Waals surface area contributed by atoms with Gasteiger partial charge in [0, 0.05) is 12.1 Å². The van der Waals surface area contributed by atoms with Gasteiger partial charge in [-0.1, -0.05) is 12.8 Å². The van der Waals surface area contributed by atoms with E-state index < -0.39 is 5.97 Å². The van der Waals surface area contributed by atoms with Crippen molar-refractivity contribution in [2.24, 2.45) is 5.92 Å². The fourth-order valence-corrected chi connectivity index (χ4v) is 1.83. The van der Waals surface area contributed by atoms with Gasteiger partial charge in [0.1, 0.15) is 6.26 Å². The summed E-state index contributed by atoms with van der Waals surface area (Å²) >= 11 is 0. The molecule has 0 spiro atoms. The number of hydrogen-bond acceptors (Lipinski definition) is 3. The van der Waals surface area contributed by atoms with E-state index >= 15 is 0 Å². The summed E-state index contributed by atoms with van der Waals surface area (Å²) in [6.07, 6.45) is 5.77. The molecule has 5 nitrogen and oxygen atoms in total. The van der Waals surface area contributed by atoms with Gasteiger partial charge in [-0.15, -0.1) is 0 Å². The third kappa shape index (κ3) is 3.35. The number of carbonyl (C=O) groups is 2. The highest BCUT2D eigenvalue weighted by molar-refractivity contribution is 5.95. The lowest BCUT2D eigenvalue weighted by atomic mass is 10.1. The zero-order valence-electron chi connectivity index (χ0n) is 10.3. The Bertz CT molecular complexity index is 448. The van der Waals surface area contributed by atoms with Crippen LogP contribution in [0.1, 0.15) is 53.5 Å². The van der Waals surface area contributed by atoms with E-state index in [-0.39, 0.29) is 23.3 Å². The minimum atomic E-state index is -1.10. The average molecular weight is 251 g/mol. The van der Waals surface area contributed by atoms with E-state index in [1.807, 2.05) is 6.92 Å². The number of rotatable bonds is 6. The molecule has 1 aliphatic rings. The molecule has 1 fully saturated rings. The molecule has 2 rings (SSSR count). The third-order valence-electron chi connectivity index (χ3n) is 3.15. The van der Waals surface area contributed by atoms with Gasteiger partial charge in [0.2, 0.25) is 0 Å². The lowest BCUT2D eigenvalue weighted by Crippen LogP contribution is -2.32. The molecule has 1 atom stereocenters. The van der Waals surface area contributed by atoms with Crippen LogP contribution in [0.3, 0.4) is 0 Å². The van der Waals surface area contributed by atoms with Crippen molar-refractivity contribution in [2.75, 3.05) is 0 Å². The molecule has 1 aliphatic carbocycles. The van der Waals surface area contributed by atoms with Gasteiger partial charge in [-0.05, 0) is 25.7 Å². The molecule has 0 aliphatic heterocycles. The first kappa shape index (κ1) is 12.7. The molecule has 0 bridgehead atoms. The van der Waals surface area contributed by atoms with Crippen LogP contribution in [0, 0.1) is 5.92 Å². The molecule has 1 aromatic rings. The first-order valence-corrected chi connectivity index (χ1v) is 6.19. The van der Waals surface area contributed by atoms with Crippen LogP contribution < -0.4 is 5.32 Å². The summed E-state index contributed by atoms with van der Waals surface area (Å²) in [6.45, 7) is 1.95. The highest BCUT2D eigenvalue weighted by Crippen LogP contribution is 2.33. The first-order valence-electron chi connectivity index (χ1n) is 6.19. The summed E-state index contributed by atoms with van der Waals surface area (Å²) in [5, 5.41) is 11.5. The van der Waals surface area contributed by atoms with Crippen LogP contribution in [-0.2, 0) is 0 Å². The van der Waals surface area contributed by atoms with E-state index in [1.165, 1.54) is 18.9 Å². The number of amides is 1. The Balaban J connectivity index is 1.83. The molecule has 0 saturated heterocycles. The molecule has 1 amide bonds. The molecule has 98 valence electrons. The van der Waals surface area contributed by atoms with Crippen LogP contribution in [0.4, 0.5) is 0 Å². The zero-order chi connectivity index (χ0) is 13.1. The minimum Gasteiger partial charge on any atom is -0.478 e. The Kier molecular flexibility index (Phi) is 3.69. The molecule has 18 heavy (non-hydrogen) atoms. The van der Waals surface area contributed by atoms with Gasteiger partial charge in [-0.3, -0.25) is 4.79 Å². The van der Waals surface area contributed by atoms with Crippen LogP contribution in [0.2, 0.25) is 0 Å². The van der Waals surface area contributed by atoms with Crippen LogP contribution in [-0.4, -0.2) is 23.0 Å². The zero-order valence-corrected chi connectivity index (χ0v) is 10.3. The Morgan fingerprint density at radius 3 is 2.83 bits per heavy atom. The molecule has 0 radical (unpaired) electrons. The fourth-order valence-electron chi connectivity index (χ4n) is 1.83. The summed E-state index contributed by atoms with van der Waals surface area (Å²) in [5.41, 5.74) is -0.00853. The van der Waals surface area contributed by atoms with Gasteiger partial charge in [-0.2, -0.15) is 0 Å². The monoisotopic (exact) mass is 251 g/mol. The standard InChI is InChI=1S/C13H17NO4/c1-8(2-3-9-4-5-9)14-12(15)11-6-10(7-18-11)13(16)17/h6-9H,2-5H2,1H3,(H,14,15)(H,16,17). The molecule has 1 saturated carbocycles. The number of hydrogen-bond donors (Lipinski definition) is 2. The van der Waals surface area contributed by atoms with Gasteiger partial charge < -0.3 is 14.8 Å². The summed E-state index contributed by atoms with van der Waals surface area (Å²) in [7, 11) is 0. The van der Waals surface area contributed by atoms with Crippen LogP contribution in [0.25, 0.3) is 0 Å². The minimum absolute atomic E-state index is 0.00853. The van der Waals surface area contributed by atoms with Crippen molar-refractivity contribution in [3.8, 4) is 0 Å². The molecule has 1 heterocycles. The largest absolute Gasteiger partial charge is 0.478 e. The van der Waals surface area contributed by atoms with Crippen molar-refractivity contribution in [3.63, 3.8) is 0 Å². The summed E-state index contributed by atoms with van der Waals surface area (Å²) in [6, 6.07) is 1.32. The highest BCUT2D eigenvalue weighted by Gasteiger charge is 2.22. The van der Waals surface area contributed by atoms with Gasteiger partial charge >= 0.3 is 5.97 Å². The topological polar surface area (TPSA) is 79.5 Å². The van der Waals surface area contributed by atoms with Crippen LogP contribution >= 0.6 is 0 Å². The van der Waals surface area contributed by atoms with E-state index in [9.17, 15) is 9.59 Å². The van der Waals surface area contributed by atoms with Crippen LogP contribution in [0.5, 0.6) is 0 Å². The maximum Gasteiger partial charge on any atom is 0.338 e. The van der Waals surface area contributed by atoms with Gasteiger partial charge in [0.05, 0.1) is 5.56 Å². The van der Waals surface area contributed by atoms with Gasteiger partial charge in [0.15, 0.2) is 5.76 Å². The van der Waals surface area contributed by atoms with Crippen molar-refractivity contribution >= 4 is 11.9 Å². The van der Waals surface area contributed by atoms with Crippen molar-refractivity contribution in [1.29, 1.82) is 0 Å². The maximum absolute atomic E-state index is 11.8. The second-order valence-electron chi connectivity index (χ2n) is 4.90. The Morgan fingerprint density at radius 1 is 1.56 bits per heavy atom. The average Bonchev–Trinajstić information content (AvgIpc) is 3.00. The fraction of sp³-hybridized carbons (Fsp3) is 0.538.